The van der Waals surface area contributed by atoms with E-state index in [0.29, 0.717) is 5.41 Å². The fourth-order valence-electron chi connectivity index (χ4n) is 1.46. The first-order valence-electron chi connectivity index (χ1n) is 4.71. The molecule has 1 saturated heterocycles. The molecule has 0 aromatic heterocycles. The topological polar surface area (TPSA) is 27.6 Å². The first-order valence-corrected chi connectivity index (χ1v) is 4.71. The maximum Gasteiger partial charge on any atom is 0.193 e. The molecule has 2 aliphatic heterocycles. The van der Waals surface area contributed by atoms with E-state index in [2.05, 4.69) is 29.1 Å². The first-order chi connectivity index (χ1) is 5.67. The minimum Gasteiger partial charge on any atom is -0.356 e. The van der Waals surface area contributed by atoms with Gasteiger partial charge in [-0.3, -0.25) is 4.99 Å². The normalized spacial score (nSPS) is 27.2. The number of nitrogens with one attached hydrogen (secondary N) is 1. The standard InChI is InChI=1S/C9H17N3/c1-9(2)6-10-8(11-7-9)12-4-3-5-12/h3-7H2,1-2H3,(H,10,11). The van der Waals surface area contributed by atoms with Crippen LogP contribution in [0, 0.1) is 5.41 Å². The molecule has 0 radical (unpaired) electrons. The molecule has 12 heavy (non-hydrogen) atoms. The molecule has 0 spiro atoms. The fraction of sp³-hybridized carbons (Fsp3) is 0.889. The second-order valence-corrected chi connectivity index (χ2v) is 4.50. The van der Waals surface area contributed by atoms with E-state index in [4.69, 9.17) is 0 Å². The lowest BCUT2D eigenvalue weighted by molar-refractivity contribution is 0.266. The fourth-order valence-corrected chi connectivity index (χ4v) is 1.46. The van der Waals surface area contributed by atoms with Gasteiger partial charge in [0.15, 0.2) is 5.96 Å². The Hall–Kier alpha value is -0.730. The van der Waals surface area contributed by atoms with E-state index < -0.39 is 0 Å². The van der Waals surface area contributed by atoms with Crippen LogP contribution < -0.4 is 5.32 Å². The van der Waals surface area contributed by atoms with Crippen molar-refractivity contribution in [2.75, 3.05) is 26.2 Å². The second kappa shape index (κ2) is 2.64. The van der Waals surface area contributed by atoms with Crippen LogP contribution >= 0.6 is 0 Å². The van der Waals surface area contributed by atoms with E-state index >= 15 is 0 Å². The van der Waals surface area contributed by atoms with Gasteiger partial charge in [-0.25, -0.2) is 0 Å². The van der Waals surface area contributed by atoms with Crippen molar-refractivity contribution in [3.8, 4) is 0 Å². The van der Waals surface area contributed by atoms with Crippen LogP contribution in [0.25, 0.3) is 0 Å². The highest BCUT2D eigenvalue weighted by Crippen LogP contribution is 2.18. The summed E-state index contributed by atoms with van der Waals surface area (Å²) >= 11 is 0. The highest BCUT2D eigenvalue weighted by Gasteiger charge is 2.26. The maximum absolute atomic E-state index is 4.54. The average molecular weight is 167 g/mol. The van der Waals surface area contributed by atoms with Gasteiger partial charge in [0.2, 0.25) is 0 Å². The van der Waals surface area contributed by atoms with Crippen LogP contribution in [0.1, 0.15) is 20.3 Å². The van der Waals surface area contributed by atoms with E-state index in [1.54, 1.807) is 0 Å². The summed E-state index contributed by atoms with van der Waals surface area (Å²) in [6.45, 7) is 8.89. The van der Waals surface area contributed by atoms with Crippen molar-refractivity contribution >= 4 is 5.96 Å². The zero-order valence-electron chi connectivity index (χ0n) is 7.93. The van der Waals surface area contributed by atoms with Crippen LogP contribution in [-0.4, -0.2) is 37.0 Å². The Morgan fingerprint density at radius 2 is 2.17 bits per heavy atom. The molecule has 0 aromatic carbocycles. The number of hydrogen-bond donors (Lipinski definition) is 1. The Kier molecular flexibility index (Phi) is 1.74. The molecule has 0 saturated carbocycles. The van der Waals surface area contributed by atoms with Gasteiger partial charge in [0.05, 0.1) is 0 Å². The summed E-state index contributed by atoms with van der Waals surface area (Å²) in [5.41, 5.74) is 0.342. The van der Waals surface area contributed by atoms with Gasteiger partial charge in [-0.2, -0.15) is 0 Å². The predicted octanol–water partition coefficient (Wildman–Crippen LogP) is 0.677. The molecule has 3 nitrogen and oxygen atoms in total. The van der Waals surface area contributed by atoms with Gasteiger partial charge in [-0.15, -0.1) is 0 Å². The van der Waals surface area contributed by atoms with Crippen molar-refractivity contribution in [1.82, 2.24) is 10.2 Å². The van der Waals surface area contributed by atoms with Crippen molar-refractivity contribution in [3.63, 3.8) is 0 Å². The Balaban J connectivity index is 1.97. The van der Waals surface area contributed by atoms with E-state index in [1.807, 2.05) is 0 Å². The van der Waals surface area contributed by atoms with Crippen molar-refractivity contribution < 1.29 is 0 Å². The molecule has 1 N–H and O–H groups in total. The molecular weight excluding hydrogens is 150 g/mol. The van der Waals surface area contributed by atoms with Crippen LogP contribution in [0.5, 0.6) is 0 Å². The van der Waals surface area contributed by atoms with Crippen LogP contribution in [0.15, 0.2) is 4.99 Å². The van der Waals surface area contributed by atoms with Gasteiger partial charge in [-0.1, -0.05) is 13.8 Å². The molecule has 2 heterocycles. The molecule has 0 unspecified atom stereocenters. The molecule has 68 valence electrons. The molecule has 0 aliphatic carbocycles. The highest BCUT2D eigenvalue weighted by atomic mass is 15.3. The molecule has 2 rings (SSSR count). The molecule has 3 heteroatoms. The largest absolute Gasteiger partial charge is 0.356 e. The van der Waals surface area contributed by atoms with E-state index in [-0.39, 0.29) is 0 Å². The second-order valence-electron chi connectivity index (χ2n) is 4.50. The molecule has 2 aliphatic rings. The van der Waals surface area contributed by atoms with Gasteiger partial charge in [0, 0.05) is 31.6 Å². The third-order valence-corrected chi connectivity index (χ3v) is 2.54. The number of guanidine groups is 1. The smallest absolute Gasteiger partial charge is 0.193 e. The molecule has 0 atom stereocenters. The van der Waals surface area contributed by atoms with Crippen LogP contribution in [0.2, 0.25) is 0 Å². The number of likely N-dealkylation sites (tertiary alicyclic amines) is 1. The Morgan fingerprint density at radius 1 is 1.42 bits per heavy atom. The first kappa shape index (κ1) is 7.90. The molecular formula is C9H17N3. The number of hydrogen-bond acceptors (Lipinski definition) is 3. The molecule has 0 aromatic rings. The van der Waals surface area contributed by atoms with Gasteiger partial charge in [0.25, 0.3) is 0 Å². The van der Waals surface area contributed by atoms with Crippen molar-refractivity contribution in [3.05, 3.63) is 0 Å². The van der Waals surface area contributed by atoms with Gasteiger partial charge in [-0.05, 0) is 6.42 Å². The van der Waals surface area contributed by atoms with Crippen LogP contribution in [-0.2, 0) is 0 Å². The minimum absolute atomic E-state index is 0.342. The predicted molar refractivity (Wildman–Crippen MR) is 50.3 cm³/mol. The summed E-state index contributed by atoms with van der Waals surface area (Å²) in [6.07, 6.45) is 1.32. The molecule has 0 amide bonds. The third-order valence-electron chi connectivity index (χ3n) is 2.54. The van der Waals surface area contributed by atoms with E-state index in [9.17, 15) is 0 Å². The summed E-state index contributed by atoms with van der Waals surface area (Å²) in [7, 11) is 0. The quantitative estimate of drug-likeness (QED) is 0.574. The van der Waals surface area contributed by atoms with E-state index in [1.165, 1.54) is 19.5 Å². The third kappa shape index (κ3) is 1.40. The van der Waals surface area contributed by atoms with E-state index in [0.717, 1.165) is 19.0 Å². The lowest BCUT2D eigenvalue weighted by Gasteiger charge is -2.38. The van der Waals surface area contributed by atoms with Crippen LogP contribution in [0.3, 0.4) is 0 Å². The summed E-state index contributed by atoms with van der Waals surface area (Å²) in [4.78, 5) is 6.85. The minimum atomic E-state index is 0.342. The van der Waals surface area contributed by atoms with Crippen molar-refractivity contribution in [1.29, 1.82) is 0 Å². The number of nitrogens with zero attached hydrogens (tertiary/aromatic N) is 2. The van der Waals surface area contributed by atoms with Gasteiger partial charge in [0.1, 0.15) is 0 Å². The van der Waals surface area contributed by atoms with Crippen molar-refractivity contribution in [2.45, 2.75) is 20.3 Å². The summed E-state index contributed by atoms with van der Waals surface area (Å²) < 4.78 is 0. The average Bonchev–Trinajstić information content (AvgIpc) is 1.89. The zero-order valence-corrected chi connectivity index (χ0v) is 7.93. The maximum atomic E-state index is 4.54. The Bertz CT molecular complexity index is 204. The van der Waals surface area contributed by atoms with Gasteiger partial charge >= 0.3 is 0 Å². The van der Waals surface area contributed by atoms with Crippen molar-refractivity contribution in [2.24, 2.45) is 10.4 Å². The van der Waals surface area contributed by atoms with Crippen LogP contribution in [0.4, 0.5) is 0 Å². The monoisotopic (exact) mass is 167 g/mol. The lowest BCUT2D eigenvalue weighted by Crippen LogP contribution is -2.53. The summed E-state index contributed by atoms with van der Waals surface area (Å²) in [5.74, 6) is 1.13. The molecule has 1 fully saturated rings. The Labute approximate surface area is 73.9 Å². The zero-order chi connectivity index (χ0) is 8.60. The highest BCUT2D eigenvalue weighted by molar-refractivity contribution is 5.81. The summed E-state index contributed by atoms with van der Waals surface area (Å²) in [6, 6.07) is 0. The Morgan fingerprint density at radius 3 is 2.58 bits per heavy atom. The lowest BCUT2D eigenvalue weighted by atomic mass is 9.93. The SMILES string of the molecule is CC1(C)CN=C(N2CCC2)NC1. The number of rotatable bonds is 0. The summed E-state index contributed by atoms with van der Waals surface area (Å²) in [5, 5.41) is 3.39. The molecule has 0 bridgehead atoms. The van der Waals surface area contributed by atoms with Gasteiger partial charge < -0.3 is 10.2 Å². The number of aliphatic imine (C=N–C) groups is 1.